The van der Waals surface area contributed by atoms with Crippen molar-refractivity contribution >= 4 is 11.8 Å². The van der Waals surface area contributed by atoms with Crippen molar-refractivity contribution in [2.45, 2.75) is 78.1 Å². The fourth-order valence-electron chi connectivity index (χ4n) is 2.76. The third kappa shape index (κ3) is 18.6. The molecule has 0 aliphatic carbocycles. The Hall–Kier alpha value is 0.230. The molecule has 4 heteroatoms. The Morgan fingerprint density at radius 1 is 0.667 bits per heavy atom. The van der Waals surface area contributed by atoms with E-state index in [1.807, 2.05) is 6.26 Å². The number of hydrogen-bond acceptors (Lipinski definition) is 4. The molecule has 3 nitrogen and oxygen atoms in total. The summed E-state index contributed by atoms with van der Waals surface area (Å²) in [7, 11) is 0. The lowest BCUT2D eigenvalue weighted by atomic mass is 9.95. The maximum absolute atomic E-state index is 5.86. The van der Waals surface area contributed by atoms with Crippen LogP contribution in [0, 0.1) is 5.92 Å². The maximum Gasteiger partial charge on any atom is 0.0919 e. The summed E-state index contributed by atoms with van der Waals surface area (Å²) in [5.74, 6) is 1.49. The topological polar surface area (TPSA) is 27.7 Å². The van der Waals surface area contributed by atoms with E-state index in [1.165, 1.54) is 64.2 Å². The molecular weight excluding hydrogens is 320 g/mol. The zero-order valence-corrected chi connectivity index (χ0v) is 17.3. The largest absolute Gasteiger partial charge is 0.379 e. The van der Waals surface area contributed by atoms with Crippen molar-refractivity contribution < 1.29 is 14.2 Å². The van der Waals surface area contributed by atoms with Crippen molar-refractivity contribution in [1.82, 2.24) is 0 Å². The lowest BCUT2D eigenvalue weighted by Crippen LogP contribution is -2.14. The van der Waals surface area contributed by atoms with Crippen molar-refractivity contribution in [3.8, 4) is 0 Å². The Balaban J connectivity index is 3.59. The van der Waals surface area contributed by atoms with Crippen LogP contribution in [-0.4, -0.2) is 45.2 Å². The van der Waals surface area contributed by atoms with Gasteiger partial charge in [-0.25, -0.2) is 0 Å². The van der Waals surface area contributed by atoms with Gasteiger partial charge in [-0.05, 0) is 25.0 Å². The van der Waals surface area contributed by atoms with E-state index in [1.54, 1.807) is 11.8 Å². The molecule has 0 rings (SSSR count). The van der Waals surface area contributed by atoms with Crippen LogP contribution in [0.4, 0.5) is 0 Å². The molecule has 0 saturated carbocycles. The first-order chi connectivity index (χ1) is 11.8. The summed E-state index contributed by atoms with van der Waals surface area (Å²) >= 11 is 1.69. The molecule has 1 unspecified atom stereocenters. The van der Waals surface area contributed by atoms with E-state index in [2.05, 4.69) is 13.8 Å². The maximum atomic E-state index is 5.86. The number of thioether (sulfide) groups is 1. The first kappa shape index (κ1) is 24.2. The monoisotopic (exact) mass is 362 g/mol. The minimum absolute atomic E-state index is 0.668. The third-order valence-corrected chi connectivity index (χ3v) is 4.63. The molecule has 0 aromatic rings. The molecule has 0 amide bonds. The quantitative estimate of drug-likeness (QED) is 0.199. The van der Waals surface area contributed by atoms with Gasteiger partial charge in [-0.2, -0.15) is 0 Å². The van der Waals surface area contributed by atoms with Crippen molar-refractivity contribution in [1.29, 1.82) is 0 Å². The second kappa shape index (κ2) is 21.3. The van der Waals surface area contributed by atoms with Gasteiger partial charge in [0.1, 0.15) is 0 Å². The van der Waals surface area contributed by atoms with Crippen LogP contribution < -0.4 is 0 Å². The summed E-state index contributed by atoms with van der Waals surface area (Å²) in [6.07, 6.45) is 15.6. The molecule has 0 aliphatic rings. The molecule has 0 aromatic heterocycles. The zero-order valence-electron chi connectivity index (χ0n) is 16.5. The molecule has 0 N–H and O–H groups in total. The van der Waals surface area contributed by atoms with Crippen LogP contribution in [-0.2, 0) is 14.2 Å². The summed E-state index contributed by atoms with van der Waals surface area (Å²) in [5, 5.41) is 0. The summed E-state index contributed by atoms with van der Waals surface area (Å²) < 4.78 is 16.7. The molecule has 0 spiro atoms. The Morgan fingerprint density at radius 2 is 1.21 bits per heavy atom. The van der Waals surface area contributed by atoms with Crippen LogP contribution in [0.5, 0.6) is 0 Å². The standard InChI is InChI=1S/C20H42O3S/c1-4-6-8-9-11-13-20(12-10-7-5-2)18-22-16-14-21-15-17-23-19-24-3/h20H,4-19H2,1-3H3. The molecule has 0 aromatic carbocycles. The second-order valence-electron chi connectivity index (χ2n) is 6.57. The Labute approximate surface area is 155 Å². The third-order valence-electron chi connectivity index (χ3n) is 4.23. The van der Waals surface area contributed by atoms with Gasteiger partial charge >= 0.3 is 0 Å². The predicted molar refractivity (Wildman–Crippen MR) is 107 cm³/mol. The van der Waals surface area contributed by atoms with Crippen LogP contribution in [0.2, 0.25) is 0 Å². The first-order valence-corrected chi connectivity index (χ1v) is 11.5. The Morgan fingerprint density at radius 3 is 1.88 bits per heavy atom. The smallest absolute Gasteiger partial charge is 0.0919 e. The van der Waals surface area contributed by atoms with Crippen molar-refractivity contribution in [2.24, 2.45) is 5.92 Å². The van der Waals surface area contributed by atoms with Crippen molar-refractivity contribution in [3.05, 3.63) is 0 Å². The van der Waals surface area contributed by atoms with Gasteiger partial charge in [0, 0.05) is 6.61 Å². The first-order valence-electron chi connectivity index (χ1n) is 10.1. The number of ether oxygens (including phenoxy) is 3. The summed E-state index contributed by atoms with van der Waals surface area (Å²) in [4.78, 5) is 0. The molecule has 0 aliphatic heterocycles. The van der Waals surface area contributed by atoms with E-state index in [0.29, 0.717) is 26.4 Å². The van der Waals surface area contributed by atoms with Gasteiger partial charge < -0.3 is 14.2 Å². The highest BCUT2D eigenvalue weighted by Gasteiger charge is 2.08. The number of hydrogen-bond donors (Lipinski definition) is 0. The Bertz CT molecular complexity index is 227. The number of unbranched alkanes of at least 4 members (excludes halogenated alkanes) is 6. The van der Waals surface area contributed by atoms with Gasteiger partial charge in [0.2, 0.25) is 0 Å². The minimum atomic E-state index is 0.668. The van der Waals surface area contributed by atoms with E-state index in [0.717, 1.165) is 18.5 Å². The van der Waals surface area contributed by atoms with Gasteiger partial charge in [0.15, 0.2) is 0 Å². The molecule has 0 saturated heterocycles. The molecule has 0 fully saturated rings. The normalized spacial score (nSPS) is 12.6. The summed E-state index contributed by atoms with van der Waals surface area (Å²) in [5.41, 5.74) is 0. The lowest BCUT2D eigenvalue weighted by molar-refractivity contribution is 0.0118. The van der Waals surface area contributed by atoms with Crippen LogP contribution in [0.15, 0.2) is 0 Å². The highest BCUT2D eigenvalue weighted by molar-refractivity contribution is 7.98. The highest BCUT2D eigenvalue weighted by Crippen LogP contribution is 2.18. The predicted octanol–water partition coefficient (Wildman–Crippen LogP) is 5.91. The van der Waals surface area contributed by atoms with Gasteiger partial charge in [-0.3, -0.25) is 0 Å². The van der Waals surface area contributed by atoms with Crippen molar-refractivity contribution in [2.75, 3.05) is 45.2 Å². The average Bonchev–Trinajstić information content (AvgIpc) is 2.59. The molecule has 0 radical (unpaired) electrons. The molecule has 0 heterocycles. The molecule has 146 valence electrons. The molecule has 0 bridgehead atoms. The van der Waals surface area contributed by atoms with Crippen LogP contribution in [0.25, 0.3) is 0 Å². The summed E-state index contributed by atoms with van der Waals surface area (Å²) in [6.45, 7) is 8.20. The second-order valence-corrected chi connectivity index (χ2v) is 7.38. The molecule has 24 heavy (non-hydrogen) atoms. The van der Waals surface area contributed by atoms with Gasteiger partial charge in [0.05, 0.1) is 32.4 Å². The molecule has 1 atom stereocenters. The van der Waals surface area contributed by atoms with E-state index in [-0.39, 0.29) is 0 Å². The van der Waals surface area contributed by atoms with Crippen LogP contribution in [0.1, 0.15) is 78.1 Å². The number of rotatable bonds is 20. The molecular formula is C20H42O3S. The average molecular weight is 363 g/mol. The zero-order chi connectivity index (χ0) is 17.7. The van der Waals surface area contributed by atoms with Gasteiger partial charge in [0.25, 0.3) is 0 Å². The SMILES string of the molecule is CCCCCCCC(CCCCC)COCCOCCOCSC. The fourth-order valence-corrected chi connectivity index (χ4v) is 3.05. The van der Waals surface area contributed by atoms with E-state index in [9.17, 15) is 0 Å². The summed E-state index contributed by atoms with van der Waals surface area (Å²) in [6, 6.07) is 0. The minimum Gasteiger partial charge on any atom is -0.379 e. The van der Waals surface area contributed by atoms with E-state index >= 15 is 0 Å². The van der Waals surface area contributed by atoms with Crippen LogP contribution in [0.3, 0.4) is 0 Å². The van der Waals surface area contributed by atoms with Crippen LogP contribution >= 0.6 is 11.8 Å². The van der Waals surface area contributed by atoms with Crippen molar-refractivity contribution in [3.63, 3.8) is 0 Å². The van der Waals surface area contributed by atoms with E-state index < -0.39 is 0 Å². The van der Waals surface area contributed by atoms with Gasteiger partial charge in [-0.15, -0.1) is 11.8 Å². The lowest BCUT2D eigenvalue weighted by Gasteiger charge is -2.17. The Kier molecular flexibility index (Phi) is 21.5. The highest BCUT2D eigenvalue weighted by atomic mass is 32.2. The fraction of sp³-hybridized carbons (Fsp3) is 1.00. The van der Waals surface area contributed by atoms with Gasteiger partial charge in [-0.1, -0.05) is 65.2 Å². The van der Waals surface area contributed by atoms with E-state index in [4.69, 9.17) is 14.2 Å².